The van der Waals surface area contributed by atoms with Crippen LogP contribution in [0.4, 0.5) is 5.69 Å². The zero-order chi connectivity index (χ0) is 15.2. The number of nitrogens with one attached hydrogen (secondary N) is 1. The Hall–Kier alpha value is -1.80. The molecule has 1 unspecified atom stereocenters. The number of aryl methyl sites for hydroxylation is 1. The molecular weight excluding hydrogens is 256 g/mol. The molecule has 0 bridgehead atoms. The van der Waals surface area contributed by atoms with Crippen LogP contribution in [-0.2, 0) is 6.54 Å². The van der Waals surface area contributed by atoms with E-state index in [1.807, 2.05) is 0 Å². The minimum Gasteiger partial charge on any atom is -0.370 e. The van der Waals surface area contributed by atoms with Gasteiger partial charge in [-0.15, -0.1) is 0 Å². The van der Waals surface area contributed by atoms with Crippen LogP contribution in [0.5, 0.6) is 0 Å². The van der Waals surface area contributed by atoms with Gasteiger partial charge < -0.3 is 10.2 Å². The monoisotopic (exact) mass is 282 g/mol. The third-order valence-corrected chi connectivity index (χ3v) is 3.99. The van der Waals surface area contributed by atoms with Crippen LogP contribution in [0.2, 0.25) is 0 Å². The van der Waals surface area contributed by atoms with E-state index in [1.165, 1.54) is 22.4 Å². The largest absolute Gasteiger partial charge is 0.370 e. The first-order valence-electron chi connectivity index (χ1n) is 7.71. The molecule has 0 heterocycles. The Labute approximate surface area is 128 Å². The second-order valence-electron chi connectivity index (χ2n) is 5.62. The van der Waals surface area contributed by atoms with E-state index in [-0.39, 0.29) is 0 Å². The maximum Gasteiger partial charge on any atom is 0.0428 e. The van der Waals surface area contributed by atoms with Crippen LogP contribution in [-0.4, -0.2) is 13.6 Å². The summed E-state index contributed by atoms with van der Waals surface area (Å²) in [7, 11) is 2.17. The van der Waals surface area contributed by atoms with Crippen molar-refractivity contribution in [1.82, 2.24) is 5.32 Å². The lowest BCUT2D eigenvalue weighted by molar-refractivity contribution is 0.597. The van der Waals surface area contributed by atoms with E-state index in [1.54, 1.807) is 0 Å². The SMILES string of the molecule is CCNC(C)c1ccccc1N(C)Cc1ccccc1C. The number of nitrogens with zero attached hydrogens (tertiary/aromatic N) is 1. The molecule has 2 aromatic carbocycles. The van der Waals surface area contributed by atoms with Gasteiger partial charge in [0.05, 0.1) is 0 Å². The van der Waals surface area contributed by atoms with Crippen LogP contribution in [0.1, 0.15) is 36.6 Å². The van der Waals surface area contributed by atoms with E-state index in [2.05, 4.69) is 86.6 Å². The van der Waals surface area contributed by atoms with Crippen molar-refractivity contribution in [3.8, 4) is 0 Å². The van der Waals surface area contributed by atoms with Crippen molar-refractivity contribution in [3.05, 3.63) is 65.2 Å². The standard InChI is InChI=1S/C19H26N2/c1-5-20-16(3)18-12-8-9-13-19(18)21(4)14-17-11-7-6-10-15(17)2/h6-13,16,20H,5,14H2,1-4H3. The zero-order valence-electron chi connectivity index (χ0n) is 13.6. The third-order valence-electron chi connectivity index (χ3n) is 3.99. The molecule has 0 fully saturated rings. The van der Waals surface area contributed by atoms with Crippen molar-refractivity contribution in [2.45, 2.75) is 33.4 Å². The minimum absolute atomic E-state index is 0.366. The molecule has 0 radical (unpaired) electrons. The molecule has 2 aromatic rings. The van der Waals surface area contributed by atoms with Crippen LogP contribution in [0, 0.1) is 6.92 Å². The van der Waals surface area contributed by atoms with E-state index in [4.69, 9.17) is 0 Å². The molecule has 2 nitrogen and oxygen atoms in total. The maximum atomic E-state index is 3.51. The van der Waals surface area contributed by atoms with Gasteiger partial charge in [0.1, 0.15) is 0 Å². The lowest BCUT2D eigenvalue weighted by atomic mass is 10.0. The highest BCUT2D eigenvalue weighted by atomic mass is 15.1. The Kier molecular flexibility index (Phi) is 5.40. The summed E-state index contributed by atoms with van der Waals surface area (Å²) in [5, 5.41) is 3.51. The number of rotatable bonds is 6. The average Bonchev–Trinajstić information content (AvgIpc) is 2.50. The molecule has 0 aliphatic rings. The fourth-order valence-corrected chi connectivity index (χ4v) is 2.75. The van der Waals surface area contributed by atoms with Crippen molar-refractivity contribution in [2.75, 3.05) is 18.5 Å². The van der Waals surface area contributed by atoms with Gasteiger partial charge in [0.15, 0.2) is 0 Å². The first-order chi connectivity index (χ1) is 10.1. The van der Waals surface area contributed by atoms with Gasteiger partial charge in [0, 0.05) is 25.3 Å². The Balaban J connectivity index is 2.23. The predicted octanol–water partition coefficient (Wildman–Crippen LogP) is 4.30. The number of para-hydroxylation sites is 1. The molecule has 0 aliphatic heterocycles. The van der Waals surface area contributed by atoms with Crippen LogP contribution in [0.25, 0.3) is 0 Å². The first kappa shape index (κ1) is 15.6. The van der Waals surface area contributed by atoms with Gasteiger partial charge in [-0.25, -0.2) is 0 Å². The number of benzene rings is 2. The van der Waals surface area contributed by atoms with Crippen LogP contribution >= 0.6 is 0 Å². The second-order valence-corrected chi connectivity index (χ2v) is 5.62. The molecule has 1 N–H and O–H groups in total. The molecule has 0 aliphatic carbocycles. The molecule has 21 heavy (non-hydrogen) atoms. The van der Waals surface area contributed by atoms with Gasteiger partial charge in [0.2, 0.25) is 0 Å². The molecular formula is C19H26N2. The van der Waals surface area contributed by atoms with E-state index >= 15 is 0 Å². The van der Waals surface area contributed by atoms with Crippen LogP contribution in [0.3, 0.4) is 0 Å². The molecule has 2 rings (SSSR count). The Morgan fingerprint density at radius 1 is 1.05 bits per heavy atom. The minimum atomic E-state index is 0.366. The predicted molar refractivity (Wildman–Crippen MR) is 91.8 cm³/mol. The lowest BCUT2D eigenvalue weighted by Gasteiger charge is -2.26. The van der Waals surface area contributed by atoms with E-state index in [0.717, 1.165) is 13.1 Å². The number of hydrogen-bond donors (Lipinski definition) is 1. The molecule has 0 saturated heterocycles. The summed E-state index contributed by atoms with van der Waals surface area (Å²) >= 11 is 0. The molecule has 0 spiro atoms. The maximum absolute atomic E-state index is 3.51. The summed E-state index contributed by atoms with van der Waals surface area (Å²) in [6.45, 7) is 8.47. The lowest BCUT2D eigenvalue weighted by Crippen LogP contribution is -2.23. The summed E-state index contributed by atoms with van der Waals surface area (Å²) in [5.41, 5.74) is 5.39. The van der Waals surface area contributed by atoms with Crippen LogP contribution < -0.4 is 10.2 Å². The number of hydrogen-bond acceptors (Lipinski definition) is 2. The molecule has 112 valence electrons. The Morgan fingerprint density at radius 3 is 2.43 bits per heavy atom. The summed E-state index contributed by atoms with van der Waals surface area (Å²) in [5.74, 6) is 0. The molecule has 1 atom stereocenters. The second kappa shape index (κ2) is 7.28. The highest BCUT2D eigenvalue weighted by Crippen LogP contribution is 2.26. The summed E-state index contributed by atoms with van der Waals surface area (Å²) < 4.78 is 0. The van der Waals surface area contributed by atoms with Gasteiger partial charge >= 0.3 is 0 Å². The fraction of sp³-hybridized carbons (Fsp3) is 0.368. The number of anilines is 1. The smallest absolute Gasteiger partial charge is 0.0428 e. The first-order valence-corrected chi connectivity index (χ1v) is 7.71. The average molecular weight is 282 g/mol. The fourth-order valence-electron chi connectivity index (χ4n) is 2.75. The molecule has 2 heteroatoms. The molecule has 0 aromatic heterocycles. The van der Waals surface area contributed by atoms with Crippen molar-refractivity contribution in [2.24, 2.45) is 0 Å². The van der Waals surface area contributed by atoms with Crippen molar-refractivity contribution < 1.29 is 0 Å². The van der Waals surface area contributed by atoms with Gasteiger partial charge in [-0.3, -0.25) is 0 Å². The Bertz CT molecular complexity index is 577. The van der Waals surface area contributed by atoms with Crippen molar-refractivity contribution in [1.29, 1.82) is 0 Å². The summed E-state index contributed by atoms with van der Waals surface area (Å²) in [6.07, 6.45) is 0. The van der Waals surface area contributed by atoms with Gasteiger partial charge in [-0.05, 0) is 43.1 Å². The van der Waals surface area contributed by atoms with Gasteiger partial charge in [-0.1, -0.05) is 49.4 Å². The third kappa shape index (κ3) is 3.85. The van der Waals surface area contributed by atoms with Crippen molar-refractivity contribution in [3.63, 3.8) is 0 Å². The summed E-state index contributed by atoms with van der Waals surface area (Å²) in [4.78, 5) is 2.34. The van der Waals surface area contributed by atoms with E-state index in [0.29, 0.717) is 6.04 Å². The van der Waals surface area contributed by atoms with Crippen molar-refractivity contribution >= 4 is 5.69 Å². The van der Waals surface area contributed by atoms with E-state index < -0.39 is 0 Å². The van der Waals surface area contributed by atoms with Gasteiger partial charge in [-0.2, -0.15) is 0 Å². The molecule has 0 saturated carbocycles. The zero-order valence-corrected chi connectivity index (χ0v) is 13.6. The highest BCUT2D eigenvalue weighted by Gasteiger charge is 2.12. The quantitative estimate of drug-likeness (QED) is 0.849. The van der Waals surface area contributed by atoms with Gasteiger partial charge in [0.25, 0.3) is 0 Å². The Morgan fingerprint density at radius 2 is 1.71 bits per heavy atom. The highest BCUT2D eigenvalue weighted by molar-refractivity contribution is 5.55. The van der Waals surface area contributed by atoms with E-state index in [9.17, 15) is 0 Å². The van der Waals surface area contributed by atoms with Crippen LogP contribution in [0.15, 0.2) is 48.5 Å². The summed E-state index contributed by atoms with van der Waals surface area (Å²) in [6, 6.07) is 17.6. The topological polar surface area (TPSA) is 15.3 Å². The normalized spacial score (nSPS) is 12.2. The molecule has 0 amide bonds.